The maximum atomic E-state index is 12.2. The quantitative estimate of drug-likeness (QED) is 0.398. The molecule has 1 aliphatic carbocycles. The molecule has 1 aliphatic heterocycles. The van der Waals surface area contributed by atoms with E-state index in [1.807, 2.05) is 18.9 Å². The second kappa shape index (κ2) is 9.11. The number of carboxylic acid groups (broad SMARTS) is 1. The molecule has 0 saturated heterocycles. The molecule has 1 unspecified atom stereocenters. The molecule has 2 aliphatic rings. The fourth-order valence-corrected chi connectivity index (χ4v) is 4.23. The minimum atomic E-state index is -1.04. The fraction of sp³-hybridized carbons (Fsp3) is 0.455. The first-order valence-corrected chi connectivity index (χ1v) is 10.1. The summed E-state index contributed by atoms with van der Waals surface area (Å²) in [6.45, 7) is 3.68. The molecule has 30 heavy (non-hydrogen) atoms. The second-order valence-corrected chi connectivity index (χ2v) is 7.76. The van der Waals surface area contributed by atoms with Crippen LogP contribution in [0.4, 0.5) is 5.69 Å². The third-order valence-corrected chi connectivity index (χ3v) is 6.04. The van der Waals surface area contributed by atoms with Gasteiger partial charge in [0.05, 0.1) is 10.5 Å². The fourth-order valence-electron chi connectivity index (χ4n) is 4.23. The molecule has 1 aromatic carbocycles. The van der Waals surface area contributed by atoms with Gasteiger partial charge in [0.25, 0.3) is 5.69 Å². The van der Waals surface area contributed by atoms with E-state index in [2.05, 4.69) is 5.16 Å². The van der Waals surface area contributed by atoms with E-state index in [0.29, 0.717) is 17.7 Å². The molecule has 1 fully saturated rings. The first kappa shape index (κ1) is 21.5. The molecule has 1 aromatic rings. The summed E-state index contributed by atoms with van der Waals surface area (Å²) < 4.78 is 0. The van der Waals surface area contributed by atoms with Crippen LogP contribution in [0.15, 0.2) is 52.0 Å². The number of carbonyl (C=O) groups is 1. The van der Waals surface area contributed by atoms with Crippen molar-refractivity contribution in [2.24, 2.45) is 5.16 Å². The zero-order valence-electron chi connectivity index (χ0n) is 17.5. The largest absolute Gasteiger partial charge is 0.478 e. The predicted octanol–water partition coefficient (Wildman–Crippen LogP) is 4.59. The molecule has 8 nitrogen and oxygen atoms in total. The van der Waals surface area contributed by atoms with Crippen molar-refractivity contribution >= 4 is 17.9 Å². The Hall–Kier alpha value is -3.16. The van der Waals surface area contributed by atoms with Crippen LogP contribution in [-0.4, -0.2) is 40.3 Å². The highest BCUT2D eigenvalue weighted by Crippen LogP contribution is 2.43. The topological polar surface area (TPSA) is 105 Å². The molecule has 1 heterocycles. The van der Waals surface area contributed by atoms with Crippen molar-refractivity contribution in [1.82, 2.24) is 4.90 Å². The number of nitro groups is 1. The van der Waals surface area contributed by atoms with Crippen molar-refractivity contribution in [3.05, 3.63) is 62.5 Å². The summed E-state index contributed by atoms with van der Waals surface area (Å²) in [6, 6.07) is 6.18. The molecule has 160 valence electrons. The number of nitrogens with zero attached hydrogens (tertiary/aromatic N) is 3. The van der Waals surface area contributed by atoms with Crippen molar-refractivity contribution < 1.29 is 19.7 Å². The van der Waals surface area contributed by atoms with Gasteiger partial charge in [-0.3, -0.25) is 10.1 Å². The lowest BCUT2D eigenvalue weighted by atomic mass is 9.78. The zero-order valence-corrected chi connectivity index (χ0v) is 17.5. The molecular formula is C22H27N3O5. The third kappa shape index (κ3) is 4.37. The minimum Gasteiger partial charge on any atom is -0.478 e. The van der Waals surface area contributed by atoms with Gasteiger partial charge in [-0.1, -0.05) is 17.3 Å². The van der Waals surface area contributed by atoms with E-state index >= 15 is 0 Å². The van der Waals surface area contributed by atoms with Crippen LogP contribution in [0.25, 0.3) is 0 Å². The number of nitro benzene ring substituents is 1. The SMILES string of the molecule is CC1=C(CC=NOC2CCCC2)C(c2cccc([N+](=O)[O-])c2)C(C(=O)O)=C(C)N1C. The molecule has 0 radical (unpaired) electrons. The number of benzene rings is 1. The average Bonchev–Trinajstić information content (AvgIpc) is 3.23. The Morgan fingerprint density at radius 3 is 2.67 bits per heavy atom. The number of hydrogen-bond acceptors (Lipinski definition) is 6. The van der Waals surface area contributed by atoms with Gasteiger partial charge in [-0.05, 0) is 50.7 Å². The molecule has 1 saturated carbocycles. The normalized spacial score (nSPS) is 20.4. The summed E-state index contributed by atoms with van der Waals surface area (Å²) in [7, 11) is 1.82. The van der Waals surface area contributed by atoms with Crippen molar-refractivity contribution in [2.75, 3.05) is 7.05 Å². The molecule has 1 N–H and O–H groups in total. The van der Waals surface area contributed by atoms with E-state index < -0.39 is 16.8 Å². The number of carboxylic acids is 1. The standard InChI is InChI=1S/C22H27N3O5/c1-14-19(11-12-23-30-18-9-4-5-10-18)21(20(22(26)27)15(2)24(14)3)16-7-6-8-17(13-16)25(28)29/h6-8,12-13,18,21H,4-5,9-11H2,1-3H3,(H,26,27). The van der Waals surface area contributed by atoms with Crippen LogP contribution in [0.5, 0.6) is 0 Å². The maximum absolute atomic E-state index is 12.2. The molecule has 1 atom stereocenters. The van der Waals surface area contributed by atoms with Gasteiger partial charge >= 0.3 is 5.97 Å². The number of hydrogen-bond donors (Lipinski definition) is 1. The predicted molar refractivity (Wildman–Crippen MR) is 113 cm³/mol. The highest BCUT2D eigenvalue weighted by molar-refractivity contribution is 5.91. The van der Waals surface area contributed by atoms with Gasteiger partial charge < -0.3 is 14.8 Å². The van der Waals surface area contributed by atoms with E-state index in [1.54, 1.807) is 25.3 Å². The highest BCUT2D eigenvalue weighted by Gasteiger charge is 2.35. The monoisotopic (exact) mass is 413 g/mol. The van der Waals surface area contributed by atoms with E-state index in [-0.39, 0.29) is 17.4 Å². The Morgan fingerprint density at radius 2 is 2.03 bits per heavy atom. The lowest BCUT2D eigenvalue weighted by Crippen LogP contribution is -2.29. The average molecular weight is 413 g/mol. The maximum Gasteiger partial charge on any atom is 0.334 e. The highest BCUT2D eigenvalue weighted by atomic mass is 16.6. The van der Waals surface area contributed by atoms with E-state index in [9.17, 15) is 20.0 Å². The number of aliphatic carboxylic acids is 1. The Morgan fingerprint density at radius 1 is 1.33 bits per heavy atom. The molecule has 0 amide bonds. The third-order valence-electron chi connectivity index (χ3n) is 6.04. The van der Waals surface area contributed by atoms with Crippen LogP contribution >= 0.6 is 0 Å². The van der Waals surface area contributed by atoms with Crippen LogP contribution in [-0.2, 0) is 9.63 Å². The van der Waals surface area contributed by atoms with Gasteiger partial charge in [-0.15, -0.1) is 0 Å². The van der Waals surface area contributed by atoms with Gasteiger partial charge in [0.1, 0.15) is 6.10 Å². The molecule has 0 aromatic heterocycles. The lowest BCUT2D eigenvalue weighted by Gasteiger charge is -2.36. The van der Waals surface area contributed by atoms with Gasteiger partial charge in [0, 0.05) is 49.1 Å². The summed E-state index contributed by atoms with van der Waals surface area (Å²) >= 11 is 0. The van der Waals surface area contributed by atoms with Gasteiger partial charge in [-0.2, -0.15) is 0 Å². The minimum absolute atomic E-state index is 0.0657. The summed E-state index contributed by atoms with van der Waals surface area (Å²) in [5.41, 5.74) is 3.07. The Bertz CT molecular complexity index is 928. The zero-order chi connectivity index (χ0) is 21.8. The van der Waals surface area contributed by atoms with Crippen molar-refractivity contribution in [3.8, 4) is 0 Å². The van der Waals surface area contributed by atoms with Crippen molar-refractivity contribution in [1.29, 1.82) is 0 Å². The van der Waals surface area contributed by atoms with E-state index in [4.69, 9.17) is 4.84 Å². The summed E-state index contributed by atoms with van der Waals surface area (Å²) in [4.78, 5) is 30.4. The number of allylic oxidation sites excluding steroid dienone is 3. The van der Waals surface area contributed by atoms with Crippen molar-refractivity contribution in [3.63, 3.8) is 0 Å². The van der Waals surface area contributed by atoms with E-state index in [0.717, 1.165) is 37.0 Å². The van der Waals surface area contributed by atoms with Crippen LogP contribution in [0.3, 0.4) is 0 Å². The number of non-ortho nitro benzene ring substituents is 1. The van der Waals surface area contributed by atoms with Gasteiger partial charge in [-0.25, -0.2) is 4.79 Å². The van der Waals surface area contributed by atoms with Crippen LogP contribution in [0.1, 0.15) is 57.4 Å². The summed E-state index contributed by atoms with van der Waals surface area (Å²) in [5.74, 6) is -1.64. The van der Waals surface area contributed by atoms with E-state index in [1.165, 1.54) is 12.1 Å². The molecule has 3 rings (SSSR count). The molecule has 0 spiro atoms. The van der Waals surface area contributed by atoms with Crippen LogP contribution < -0.4 is 0 Å². The first-order chi connectivity index (χ1) is 14.3. The lowest BCUT2D eigenvalue weighted by molar-refractivity contribution is -0.384. The van der Waals surface area contributed by atoms with Crippen LogP contribution in [0, 0.1) is 10.1 Å². The molecular weight excluding hydrogens is 386 g/mol. The summed E-state index contributed by atoms with van der Waals surface area (Å²) in [6.07, 6.45) is 6.50. The first-order valence-electron chi connectivity index (χ1n) is 10.1. The van der Waals surface area contributed by atoms with Crippen LogP contribution in [0.2, 0.25) is 0 Å². The van der Waals surface area contributed by atoms with Crippen molar-refractivity contribution in [2.45, 2.75) is 58.0 Å². The number of rotatable bonds is 7. The number of oxime groups is 1. The molecule has 8 heteroatoms. The van der Waals surface area contributed by atoms with Gasteiger partial charge in [0.15, 0.2) is 0 Å². The summed E-state index contributed by atoms with van der Waals surface area (Å²) in [5, 5.41) is 25.3. The second-order valence-electron chi connectivity index (χ2n) is 7.76. The Balaban J connectivity index is 1.97. The smallest absolute Gasteiger partial charge is 0.334 e. The Kier molecular flexibility index (Phi) is 6.54. The Labute approximate surface area is 175 Å². The molecule has 0 bridgehead atoms. The van der Waals surface area contributed by atoms with Gasteiger partial charge in [0.2, 0.25) is 0 Å².